The molecular weight excluding hydrogens is 254 g/mol. The number of likely N-dealkylation sites (N-methyl/N-ethyl adjacent to an activating group) is 1. The zero-order valence-corrected chi connectivity index (χ0v) is 12.0. The second-order valence-electron chi connectivity index (χ2n) is 4.45. The number of aromatic nitrogens is 4. The van der Waals surface area contributed by atoms with Gasteiger partial charge in [0.25, 0.3) is 0 Å². The Kier molecular flexibility index (Phi) is 5.54. The number of carbonyl (C=O) groups excluding carboxylic acids is 1. The maximum absolute atomic E-state index is 11.5. The summed E-state index contributed by atoms with van der Waals surface area (Å²) in [5.74, 6) is 0.337. The molecule has 0 amide bonds. The van der Waals surface area contributed by atoms with E-state index < -0.39 is 5.41 Å². The Labute approximate surface area is 111 Å². The Hall–Kier alpha value is -1.15. The van der Waals surface area contributed by atoms with Crippen LogP contribution >= 0.6 is 11.8 Å². The molecule has 0 unspecified atom stereocenters. The standard InChI is InChI=1S/C10H19N5O2S/c1-10(2,8(16)17-4)7-18-9-12-13-14-15(9)6-5-11-3/h11H,5-7H2,1-4H3. The van der Waals surface area contributed by atoms with Gasteiger partial charge in [-0.2, -0.15) is 0 Å². The van der Waals surface area contributed by atoms with Crippen molar-refractivity contribution in [2.24, 2.45) is 5.41 Å². The van der Waals surface area contributed by atoms with Crippen LogP contribution in [0.1, 0.15) is 13.8 Å². The zero-order chi connectivity index (χ0) is 13.6. The maximum Gasteiger partial charge on any atom is 0.312 e. The Morgan fingerprint density at radius 3 is 2.89 bits per heavy atom. The summed E-state index contributed by atoms with van der Waals surface area (Å²) >= 11 is 1.45. The van der Waals surface area contributed by atoms with Gasteiger partial charge in [-0.1, -0.05) is 11.8 Å². The molecule has 0 aliphatic carbocycles. The topological polar surface area (TPSA) is 81.9 Å². The fourth-order valence-corrected chi connectivity index (χ4v) is 2.22. The molecule has 1 rings (SSSR count). The van der Waals surface area contributed by atoms with Gasteiger partial charge in [-0.05, 0) is 31.3 Å². The third-order valence-electron chi connectivity index (χ3n) is 2.37. The van der Waals surface area contributed by atoms with Crippen molar-refractivity contribution in [2.75, 3.05) is 26.5 Å². The van der Waals surface area contributed by atoms with Crippen molar-refractivity contribution in [1.29, 1.82) is 0 Å². The lowest BCUT2D eigenvalue weighted by Crippen LogP contribution is -2.28. The number of carbonyl (C=O) groups is 1. The van der Waals surface area contributed by atoms with Gasteiger partial charge in [0.15, 0.2) is 0 Å². The van der Waals surface area contributed by atoms with Crippen LogP contribution in [0.25, 0.3) is 0 Å². The molecule has 1 heterocycles. The molecule has 1 aromatic rings. The monoisotopic (exact) mass is 273 g/mol. The van der Waals surface area contributed by atoms with Gasteiger partial charge in [-0.15, -0.1) is 5.10 Å². The van der Waals surface area contributed by atoms with Crippen molar-refractivity contribution >= 4 is 17.7 Å². The fourth-order valence-electron chi connectivity index (χ4n) is 1.24. The van der Waals surface area contributed by atoms with Crippen molar-refractivity contribution in [2.45, 2.75) is 25.5 Å². The Morgan fingerprint density at radius 2 is 2.28 bits per heavy atom. The predicted octanol–water partition coefficient (Wildman–Crippen LogP) is 0.184. The average molecular weight is 273 g/mol. The Balaban J connectivity index is 2.58. The van der Waals surface area contributed by atoms with Crippen molar-refractivity contribution < 1.29 is 9.53 Å². The lowest BCUT2D eigenvalue weighted by atomic mass is 9.97. The van der Waals surface area contributed by atoms with Gasteiger partial charge < -0.3 is 10.1 Å². The van der Waals surface area contributed by atoms with Crippen LogP contribution in [0, 0.1) is 5.41 Å². The molecule has 8 heteroatoms. The van der Waals surface area contributed by atoms with Crippen LogP contribution in [0.3, 0.4) is 0 Å². The molecule has 0 radical (unpaired) electrons. The first kappa shape index (κ1) is 14.9. The SMILES string of the molecule is CNCCn1nnnc1SCC(C)(C)C(=O)OC. The third-order valence-corrected chi connectivity index (χ3v) is 3.79. The van der Waals surface area contributed by atoms with Gasteiger partial charge in [-0.25, -0.2) is 4.68 Å². The number of methoxy groups -OCH3 is 1. The quantitative estimate of drug-likeness (QED) is 0.560. The summed E-state index contributed by atoms with van der Waals surface area (Å²) in [4.78, 5) is 11.5. The van der Waals surface area contributed by atoms with Crippen molar-refractivity contribution in [3.63, 3.8) is 0 Å². The summed E-state index contributed by atoms with van der Waals surface area (Å²) in [6.45, 7) is 5.17. The summed E-state index contributed by atoms with van der Waals surface area (Å²) in [6.07, 6.45) is 0. The number of hydrogen-bond acceptors (Lipinski definition) is 7. The van der Waals surface area contributed by atoms with E-state index in [1.165, 1.54) is 18.9 Å². The maximum atomic E-state index is 11.5. The van der Waals surface area contributed by atoms with Crippen molar-refractivity contribution in [3.05, 3.63) is 0 Å². The second-order valence-corrected chi connectivity index (χ2v) is 5.39. The number of hydrogen-bond donors (Lipinski definition) is 1. The van der Waals surface area contributed by atoms with E-state index in [2.05, 4.69) is 20.8 Å². The third kappa shape index (κ3) is 3.95. The largest absolute Gasteiger partial charge is 0.469 e. The molecule has 0 fully saturated rings. The van der Waals surface area contributed by atoms with Gasteiger partial charge in [0.05, 0.1) is 19.1 Å². The zero-order valence-electron chi connectivity index (χ0n) is 11.1. The normalized spacial score (nSPS) is 11.6. The van der Waals surface area contributed by atoms with E-state index in [1.807, 2.05) is 20.9 Å². The smallest absolute Gasteiger partial charge is 0.312 e. The molecule has 0 aliphatic rings. The highest BCUT2D eigenvalue weighted by atomic mass is 32.2. The molecule has 0 aliphatic heterocycles. The summed E-state index contributed by atoms with van der Waals surface area (Å²) in [5.41, 5.74) is -0.556. The average Bonchev–Trinajstić information content (AvgIpc) is 2.80. The van der Waals surface area contributed by atoms with E-state index in [0.29, 0.717) is 17.5 Å². The van der Waals surface area contributed by atoms with E-state index in [-0.39, 0.29) is 5.97 Å². The first-order chi connectivity index (χ1) is 8.51. The van der Waals surface area contributed by atoms with E-state index in [9.17, 15) is 4.79 Å². The van der Waals surface area contributed by atoms with Crippen LogP contribution in [0.2, 0.25) is 0 Å². The van der Waals surface area contributed by atoms with Crippen LogP contribution in [0.15, 0.2) is 5.16 Å². The highest BCUT2D eigenvalue weighted by Gasteiger charge is 2.29. The minimum absolute atomic E-state index is 0.232. The van der Waals surface area contributed by atoms with Crippen LogP contribution < -0.4 is 5.32 Å². The van der Waals surface area contributed by atoms with E-state index >= 15 is 0 Å². The first-order valence-corrected chi connectivity index (χ1v) is 6.62. The Morgan fingerprint density at radius 1 is 1.56 bits per heavy atom. The van der Waals surface area contributed by atoms with Gasteiger partial charge in [-0.3, -0.25) is 4.79 Å². The predicted molar refractivity (Wildman–Crippen MR) is 68.3 cm³/mol. The molecule has 0 spiro atoms. The van der Waals surface area contributed by atoms with E-state index in [4.69, 9.17) is 4.74 Å². The summed E-state index contributed by atoms with van der Waals surface area (Å²) in [5, 5.41) is 15.2. The molecule has 0 bridgehead atoms. The van der Waals surface area contributed by atoms with Gasteiger partial charge in [0.1, 0.15) is 0 Å². The molecule has 18 heavy (non-hydrogen) atoms. The number of ether oxygens (including phenoxy) is 1. The lowest BCUT2D eigenvalue weighted by Gasteiger charge is -2.20. The molecule has 1 N–H and O–H groups in total. The molecule has 0 saturated heterocycles. The van der Waals surface area contributed by atoms with Crippen LogP contribution in [-0.2, 0) is 16.1 Å². The number of nitrogens with zero attached hydrogens (tertiary/aromatic N) is 4. The molecule has 0 aromatic carbocycles. The second kappa shape index (κ2) is 6.69. The number of rotatable bonds is 7. The van der Waals surface area contributed by atoms with Crippen LogP contribution in [-0.4, -0.2) is 52.6 Å². The van der Waals surface area contributed by atoms with Crippen LogP contribution in [0.5, 0.6) is 0 Å². The van der Waals surface area contributed by atoms with E-state index in [0.717, 1.165) is 6.54 Å². The molecular formula is C10H19N5O2S. The lowest BCUT2D eigenvalue weighted by molar-refractivity contribution is -0.149. The number of nitrogens with one attached hydrogen (secondary N) is 1. The van der Waals surface area contributed by atoms with Gasteiger partial charge >= 0.3 is 5.97 Å². The minimum Gasteiger partial charge on any atom is -0.469 e. The molecule has 7 nitrogen and oxygen atoms in total. The van der Waals surface area contributed by atoms with Crippen molar-refractivity contribution in [1.82, 2.24) is 25.5 Å². The molecule has 0 atom stereocenters. The van der Waals surface area contributed by atoms with Gasteiger partial charge in [0.2, 0.25) is 5.16 Å². The number of thioether (sulfide) groups is 1. The van der Waals surface area contributed by atoms with E-state index in [1.54, 1.807) is 4.68 Å². The van der Waals surface area contributed by atoms with Crippen molar-refractivity contribution in [3.8, 4) is 0 Å². The molecule has 1 aromatic heterocycles. The highest BCUT2D eigenvalue weighted by molar-refractivity contribution is 7.99. The molecule has 0 saturated carbocycles. The first-order valence-electron chi connectivity index (χ1n) is 5.63. The summed E-state index contributed by atoms with van der Waals surface area (Å²) in [6, 6.07) is 0. The van der Waals surface area contributed by atoms with Gasteiger partial charge in [0, 0.05) is 12.3 Å². The Bertz CT molecular complexity index is 393. The highest BCUT2D eigenvalue weighted by Crippen LogP contribution is 2.27. The fraction of sp³-hybridized carbons (Fsp3) is 0.800. The molecule has 102 valence electrons. The minimum atomic E-state index is -0.556. The summed E-state index contributed by atoms with van der Waals surface area (Å²) < 4.78 is 6.48. The number of tetrazole rings is 1. The number of esters is 1. The van der Waals surface area contributed by atoms with Crippen LogP contribution in [0.4, 0.5) is 0 Å². The summed E-state index contributed by atoms with van der Waals surface area (Å²) in [7, 11) is 3.27.